The van der Waals surface area contributed by atoms with E-state index in [-0.39, 0.29) is 29.2 Å². The number of benzene rings is 2. The Kier molecular flexibility index (Phi) is 6.93. The zero-order chi connectivity index (χ0) is 26.0. The Morgan fingerprint density at radius 2 is 1.89 bits per heavy atom. The van der Waals surface area contributed by atoms with E-state index in [0.717, 1.165) is 19.1 Å². The number of carbonyl (C=O) groups excluding carboxylic acids is 2. The third kappa shape index (κ3) is 5.79. The Labute approximate surface area is 201 Å². The second-order valence-electron chi connectivity index (χ2n) is 8.04. The number of urea groups is 1. The summed E-state index contributed by atoms with van der Waals surface area (Å²) in [4.78, 5) is 23.8. The summed E-state index contributed by atoms with van der Waals surface area (Å²) in [6, 6.07) is 8.88. The smallest absolute Gasteiger partial charge is 0.364 e. The van der Waals surface area contributed by atoms with Gasteiger partial charge in [-0.1, -0.05) is 0 Å². The number of carbonyl (C=O) groups is 2. The first-order valence-electron chi connectivity index (χ1n) is 10.7. The molecular formula is C23H20F5N5O3. The summed E-state index contributed by atoms with van der Waals surface area (Å²) >= 11 is 0. The van der Waals surface area contributed by atoms with Gasteiger partial charge in [-0.3, -0.25) is 4.79 Å². The van der Waals surface area contributed by atoms with Crippen molar-refractivity contribution in [3.8, 4) is 16.9 Å². The van der Waals surface area contributed by atoms with E-state index in [2.05, 4.69) is 21.0 Å². The van der Waals surface area contributed by atoms with E-state index in [1.54, 1.807) is 0 Å². The van der Waals surface area contributed by atoms with E-state index in [1.165, 1.54) is 41.1 Å². The zero-order valence-electron chi connectivity index (χ0n) is 18.7. The largest absolute Gasteiger partial charge is 0.414 e. The molecule has 0 saturated carbocycles. The van der Waals surface area contributed by atoms with Crippen LogP contribution in [-0.4, -0.2) is 46.6 Å². The molecule has 0 spiro atoms. The molecule has 36 heavy (non-hydrogen) atoms. The van der Waals surface area contributed by atoms with Crippen LogP contribution in [0.1, 0.15) is 12.5 Å². The van der Waals surface area contributed by atoms with E-state index in [0.29, 0.717) is 5.69 Å². The number of amides is 3. The molecule has 0 unspecified atom stereocenters. The third-order valence-electron chi connectivity index (χ3n) is 5.33. The van der Waals surface area contributed by atoms with Crippen LogP contribution in [0.5, 0.6) is 0 Å². The van der Waals surface area contributed by atoms with Crippen LogP contribution >= 0.6 is 0 Å². The second kappa shape index (κ2) is 9.93. The van der Waals surface area contributed by atoms with Gasteiger partial charge in [-0.25, -0.2) is 18.3 Å². The number of hydrogen-bond acceptors (Lipinski definition) is 4. The van der Waals surface area contributed by atoms with E-state index < -0.39 is 48.5 Å². The van der Waals surface area contributed by atoms with Gasteiger partial charge in [0.25, 0.3) is 0 Å². The van der Waals surface area contributed by atoms with E-state index in [9.17, 15) is 31.5 Å². The van der Waals surface area contributed by atoms with Crippen LogP contribution in [0.15, 0.2) is 48.5 Å². The van der Waals surface area contributed by atoms with Gasteiger partial charge < -0.3 is 20.7 Å². The lowest BCUT2D eigenvalue weighted by molar-refractivity contribution is -0.217. The Balaban J connectivity index is 1.67. The predicted octanol–water partition coefficient (Wildman–Crippen LogP) is 3.90. The van der Waals surface area contributed by atoms with Crippen LogP contribution in [0, 0.1) is 11.6 Å². The number of hydrogen-bond donors (Lipinski definition) is 3. The lowest BCUT2D eigenvalue weighted by atomic mass is 10.1. The molecule has 3 N–H and O–H groups in total. The maximum Gasteiger partial charge on any atom is 0.414 e. The summed E-state index contributed by atoms with van der Waals surface area (Å²) in [6.45, 7) is 0.412. The molecule has 13 heteroatoms. The molecule has 2 heterocycles. The number of nitrogens with zero attached hydrogens (tertiary/aromatic N) is 2. The number of alkyl halides is 3. The summed E-state index contributed by atoms with van der Waals surface area (Å²) in [5.74, 6) is -1.75. The number of rotatable bonds is 7. The lowest BCUT2D eigenvalue weighted by Gasteiger charge is -2.16. The fourth-order valence-electron chi connectivity index (χ4n) is 3.45. The second-order valence-corrected chi connectivity index (χ2v) is 8.04. The van der Waals surface area contributed by atoms with Crippen LogP contribution in [0.3, 0.4) is 0 Å². The molecule has 1 aliphatic heterocycles. The molecule has 1 aliphatic rings. The quantitative estimate of drug-likeness (QED) is 0.421. The molecule has 1 saturated heterocycles. The van der Waals surface area contributed by atoms with E-state index in [4.69, 9.17) is 4.74 Å². The van der Waals surface area contributed by atoms with Gasteiger partial charge >= 0.3 is 12.2 Å². The fourth-order valence-corrected chi connectivity index (χ4v) is 3.45. The molecule has 3 amide bonds. The predicted molar refractivity (Wildman–Crippen MR) is 118 cm³/mol. The molecule has 3 aromatic rings. The third-order valence-corrected chi connectivity index (χ3v) is 5.33. The van der Waals surface area contributed by atoms with Gasteiger partial charge in [0.05, 0.1) is 18.0 Å². The van der Waals surface area contributed by atoms with Gasteiger partial charge in [-0.15, -0.1) is 5.10 Å². The van der Waals surface area contributed by atoms with Crippen LogP contribution in [-0.2, 0) is 16.1 Å². The molecule has 190 valence electrons. The van der Waals surface area contributed by atoms with Crippen molar-refractivity contribution in [1.82, 2.24) is 20.4 Å². The number of aromatic nitrogens is 2. The summed E-state index contributed by atoms with van der Waals surface area (Å²) in [6.07, 6.45) is -6.62. The Morgan fingerprint density at radius 3 is 2.53 bits per heavy atom. The minimum atomic E-state index is -4.57. The molecule has 1 fully saturated rings. The van der Waals surface area contributed by atoms with Gasteiger partial charge in [0.1, 0.15) is 17.7 Å². The average molecular weight is 509 g/mol. The van der Waals surface area contributed by atoms with Crippen molar-refractivity contribution < 1.29 is 36.3 Å². The summed E-state index contributed by atoms with van der Waals surface area (Å²) < 4.78 is 72.4. The van der Waals surface area contributed by atoms with Crippen molar-refractivity contribution in [1.29, 1.82) is 0 Å². The van der Waals surface area contributed by atoms with Gasteiger partial charge in [0.2, 0.25) is 5.91 Å². The van der Waals surface area contributed by atoms with Crippen molar-refractivity contribution in [3.63, 3.8) is 0 Å². The first-order valence-corrected chi connectivity index (χ1v) is 10.7. The van der Waals surface area contributed by atoms with Crippen molar-refractivity contribution in [3.05, 3.63) is 65.7 Å². The van der Waals surface area contributed by atoms with Crippen molar-refractivity contribution in [2.24, 2.45) is 0 Å². The zero-order valence-corrected chi connectivity index (χ0v) is 18.7. The van der Waals surface area contributed by atoms with Crippen LogP contribution in [0.2, 0.25) is 0 Å². The highest BCUT2D eigenvalue weighted by Crippen LogP contribution is 2.29. The molecule has 1 aromatic heterocycles. The molecule has 4 rings (SSSR count). The summed E-state index contributed by atoms with van der Waals surface area (Å²) in [7, 11) is 0. The number of ether oxygens (including phenoxy) is 1. The molecule has 2 atom stereocenters. The van der Waals surface area contributed by atoms with Crippen LogP contribution in [0.4, 0.5) is 32.6 Å². The maximum atomic E-state index is 14.4. The van der Waals surface area contributed by atoms with Gasteiger partial charge in [-0.05, 0) is 55.0 Å². The van der Waals surface area contributed by atoms with E-state index >= 15 is 0 Å². The number of halogens is 5. The number of anilines is 1. The molecule has 0 aliphatic carbocycles. The van der Waals surface area contributed by atoms with Crippen molar-refractivity contribution >= 4 is 17.8 Å². The number of nitrogens with one attached hydrogen (secondary N) is 3. The molecule has 8 nitrogen and oxygen atoms in total. The fraction of sp³-hybridized carbons (Fsp3) is 0.261. The van der Waals surface area contributed by atoms with E-state index in [1.807, 2.05) is 0 Å². The Bertz CT molecular complexity index is 1280. The molecule has 0 radical (unpaired) electrons. The molecule has 2 aromatic carbocycles. The standard InChI is InChI=1S/C23H20F5N5O3/c1-12(23(26,27)28)36-11-13-6-14(8-16(25)7-13)19-9-20(31-21(34)18-10-29-22(35)30-18)32-33(19)17-4-2-15(24)3-5-17/h2-9,12,18H,10-11H2,1H3,(H2,29,30,35)(H,31,32,34)/t12-,18-/m1/s1. The SMILES string of the molecule is C[C@@H](OCc1cc(F)cc(-c2cc(NC(=O)[C@H]3CNC(=O)N3)nn2-c2ccc(F)cc2)c1)C(F)(F)F. The van der Waals surface area contributed by atoms with Crippen LogP contribution < -0.4 is 16.0 Å². The summed E-state index contributed by atoms with van der Waals surface area (Å²) in [5, 5.41) is 11.8. The van der Waals surface area contributed by atoms with Crippen molar-refractivity contribution in [2.45, 2.75) is 31.9 Å². The monoisotopic (exact) mass is 509 g/mol. The average Bonchev–Trinajstić information content (AvgIpc) is 3.43. The first kappa shape index (κ1) is 25.1. The van der Waals surface area contributed by atoms with Crippen molar-refractivity contribution in [2.75, 3.05) is 11.9 Å². The topological polar surface area (TPSA) is 97.3 Å². The minimum Gasteiger partial charge on any atom is -0.364 e. The van der Waals surface area contributed by atoms with Crippen LogP contribution in [0.25, 0.3) is 16.9 Å². The highest BCUT2D eigenvalue weighted by atomic mass is 19.4. The maximum absolute atomic E-state index is 14.4. The Morgan fingerprint density at radius 1 is 1.17 bits per heavy atom. The first-order chi connectivity index (χ1) is 17.0. The highest BCUT2D eigenvalue weighted by Gasteiger charge is 2.37. The lowest BCUT2D eigenvalue weighted by Crippen LogP contribution is -2.38. The van der Waals surface area contributed by atoms with Gasteiger partial charge in [0.15, 0.2) is 11.9 Å². The Hall–Kier alpha value is -4.00. The molecular weight excluding hydrogens is 489 g/mol. The normalized spacial score (nSPS) is 16.4. The van der Waals surface area contributed by atoms with Gasteiger partial charge in [0, 0.05) is 18.2 Å². The minimum absolute atomic E-state index is 0.0493. The van der Waals surface area contributed by atoms with Gasteiger partial charge in [-0.2, -0.15) is 13.2 Å². The summed E-state index contributed by atoms with van der Waals surface area (Å²) in [5.41, 5.74) is 0.991. The highest BCUT2D eigenvalue weighted by molar-refractivity contribution is 5.98. The molecule has 0 bridgehead atoms.